The molecule has 0 unspecified atom stereocenters. The Morgan fingerprint density at radius 3 is 2.36 bits per heavy atom. The van der Waals surface area contributed by atoms with Crippen LogP contribution in [0.4, 0.5) is 10.1 Å². The molecule has 7 nitrogen and oxygen atoms in total. The summed E-state index contributed by atoms with van der Waals surface area (Å²) < 4.78 is 26.5. The van der Waals surface area contributed by atoms with Crippen LogP contribution in [-0.2, 0) is 6.54 Å². The maximum Gasteiger partial charge on any atom is 0.344 e. The first-order valence-electron chi connectivity index (χ1n) is 10.9. The highest BCUT2D eigenvalue weighted by atomic mass is 35.5. The van der Waals surface area contributed by atoms with Gasteiger partial charge in [-0.05, 0) is 60.2 Å². The summed E-state index contributed by atoms with van der Waals surface area (Å²) in [6.45, 7) is 0.441. The van der Waals surface area contributed by atoms with Crippen molar-refractivity contribution in [2.24, 2.45) is 0 Å². The molecule has 0 aliphatic rings. The van der Waals surface area contributed by atoms with Crippen LogP contribution in [0, 0.1) is 15.9 Å². The van der Waals surface area contributed by atoms with Gasteiger partial charge in [-0.3, -0.25) is 10.1 Å². The Morgan fingerprint density at radius 2 is 1.67 bits per heavy atom. The van der Waals surface area contributed by atoms with E-state index in [0.29, 0.717) is 23.2 Å². The van der Waals surface area contributed by atoms with Crippen molar-refractivity contribution in [1.82, 2.24) is 4.57 Å². The Morgan fingerprint density at radius 1 is 0.944 bits per heavy atom. The minimum absolute atomic E-state index is 0.0330. The Hall–Kier alpha value is -4.43. The fraction of sp³-hybridized carbons (Fsp3) is 0.0741. The zero-order valence-corrected chi connectivity index (χ0v) is 19.4. The first-order chi connectivity index (χ1) is 17.4. The highest BCUT2D eigenvalue weighted by Gasteiger charge is 2.20. The predicted molar refractivity (Wildman–Crippen MR) is 134 cm³/mol. The minimum Gasteiger partial charge on any atom is -0.478 e. The number of non-ortho nitro benzene ring substituents is 1. The molecule has 0 N–H and O–H groups in total. The molecular weight excluding hydrogens is 487 g/mol. The molecule has 5 aromatic rings. The molecule has 5 rings (SSSR count). The number of hydrogen-bond donors (Lipinski definition) is 0. The maximum absolute atomic E-state index is 13.5. The van der Waals surface area contributed by atoms with Gasteiger partial charge in [-0.15, -0.1) is 0 Å². The number of halogens is 2. The van der Waals surface area contributed by atoms with Crippen molar-refractivity contribution in [3.05, 3.63) is 112 Å². The number of carbonyl (C=O) groups excluding carboxylic acids is 1. The molecule has 36 heavy (non-hydrogen) atoms. The van der Waals surface area contributed by atoms with Crippen LogP contribution >= 0.6 is 11.6 Å². The van der Waals surface area contributed by atoms with Gasteiger partial charge in [0.25, 0.3) is 5.69 Å². The van der Waals surface area contributed by atoms with Gasteiger partial charge in [0, 0.05) is 35.0 Å². The summed E-state index contributed by atoms with van der Waals surface area (Å²) in [5.74, 6) is -0.209. The van der Waals surface area contributed by atoms with E-state index in [1.807, 2.05) is 22.8 Å². The molecule has 0 radical (unpaired) electrons. The molecule has 0 bridgehead atoms. The average molecular weight is 505 g/mol. The van der Waals surface area contributed by atoms with Crippen molar-refractivity contribution in [1.29, 1.82) is 0 Å². The van der Waals surface area contributed by atoms with E-state index in [4.69, 9.17) is 21.1 Å². The molecule has 0 aliphatic heterocycles. The number of esters is 1. The lowest BCUT2D eigenvalue weighted by Gasteiger charge is -2.09. The first-order valence-corrected chi connectivity index (χ1v) is 11.4. The molecule has 4 aromatic carbocycles. The summed E-state index contributed by atoms with van der Waals surface area (Å²) in [6, 6.07) is 22.3. The lowest BCUT2D eigenvalue weighted by atomic mass is 10.1. The largest absolute Gasteiger partial charge is 0.478 e. The van der Waals surface area contributed by atoms with E-state index in [2.05, 4.69) is 0 Å². The molecule has 0 spiro atoms. The zero-order chi connectivity index (χ0) is 25.2. The van der Waals surface area contributed by atoms with Gasteiger partial charge in [0.15, 0.2) is 6.07 Å². The van der Waals surface area contributed by atoms with E-state index in [-0.39, 0.29) is 23.3 Å². The van der Waals surface area contributed by atoms with Crippen LogP contribution in [0.2, 0.25) is 0 Å². The van der Waals surface area contributed by atoms with E-state index in [9.17, 15) is 19.3 Å². The van der Waals surface area contributed by atoms with Crippen molar-refractivity contribution in [3.63, 3.8) is 0 Å². The summed E-state index contributed by atoms with van der Waals surface area (Å²) in [4.78, 5) is 23.6. The van der Waals surface area contributed by atoms with Gasteiger partial charge in [0.1, 0.15) is 17.3 Å². The second kappa shape index (κ2) is 9.67. The summed E-state index contributed by atoms with van der Waals surface area (Å²) in [5.41, 5.74) is 2.71. The molecule has 180 valence electrons. The number of hydrogen-bond acceptors (Lipinski definition) is 5. The number of nitro benzene ring substituents is 1. The number of carbonyl (C=O) groups is 1. The van der Waals surface area contributed by atoms with Gasteiger partial charge in [0.05, 0.1) is 16.0 Å². The lowest BCUT2D eigenvalue weighted by Crippen LogP contribution is -2.09. The molecule has 1 aromatic heterocycles. The quantitative estimate of drug-likeness (QED) is 0.0811. The molecular formula is C27H18ClFN2O5. The van der Waals surface area contributed by atoms with E-state index < -0.39 is 10.9 Å². The van der Waals surface area contributed by atoms with Crippen LogP contribution in [0.5, 0.6) is 11.5 Å². The summed E-state index contributed by atoms with van der Waals surface area (Å²) in [6.07, 6.45) is 0. The Labute approximate surface area is 209 Å². The molecule has 0 saturated heterocycles. The molecule has 1 heterocycles. The van der Waals surface area contributed by atoms with Crippen LogP contribution < -0.4 is 9.47 Å². The number of ether oxygens (including phenoxy) is 2. The van der Waals surface area contributed by atoms with Crippen LogP contribution in [0.15, 0.2) is 84.9 Å². The van der Waals surface area contributed by atoms with Gasteiger partial charge in [-0.2, -0.15) is 0 Å². The third-order valence-corrected chi connectivity index (χ3v) is 5.92. The third-order valence-electron chi connectivity index (χ3n) is 5.81. The number of nitrogens with zero attached hydrogens (tertiary/aromatic N) is 2. The molecule has 0 saturated carbocycles. The van der Waals surface area contributed by atoms with Crippen molar-refractivity contribution in [2.75, 3.05) is 6.07 Å². The number of nitro groups is 1. The number of aromatic nitrogens is 1. The van der Waals surface area contributed by atoms with Gasteiger partial charge >= 0.3 is 5.97 Å². The van der Waals surface area contributed by atoms with Crippen molar-refractivity contribution >= 4 is 45.1 Å². The van der Waals surface area contributed by atoms with Crippen molar-refractivity contribution in [3.8, 4) is 11.5 Å². The highest BCUT2D eigenvalue weighted by molar-refractivity contribution is 6.18. The Balaban J connectivity index is 1.62. The van der Waals surface area contributed by atoms with Crippen LogP contribution in [0.1, 0.15) is 15.9 Å². The fourth-order valence-corrected chi connectivity index (χ4v) is 4.32. The lowest BCUT2D eigenvalue weighted by molar-refractivity contribution is -0.384. The second-order valence-electron chi connectivity index (χ2n) is 7.99. The van der Waals surface area contributed by atoms with Gasteiger partial charge in [0.2, 0.25) is 0 Å². The SMILES string of the molecule is O=C(Oc1ccc([N+](=O)[O-])cc1)c1cccc2c1c1cc(OCCl)ccc1n2Cc1ccc(F)cc1. The first kappa shape index (κ1) is 23.3. The molecule has 0 fully saturated rings. The summed E-state index contributed by atoms with van der Waals surface area (Å²) >= 11 is 5.76. The monoisotopic (exact) mass is 504 g/mol. The Bertz CT molecular complexity index is 1600. The van der Waals surface area contributed by atoms with Crippen LogP contribution in [0.3, 0.4) is 0 Å². The fourth-order valence-electron chi connectivity index (χ4n) is 4.19. The van der Waals surface area contributed by atoms with Gasteiger partial charge in [-0.25, -0.2) is 9.18 Å². The summed E-state index contributed by atoms with van der Waals surface area (Å²) in [5, 5.41) is 12.3. The van der Waals surface area contributed by atoms with Crippen LogP contribution in [-0.4, -0.2) is 21.5 Å². The zero-order valence-electron chi connectivity index (χ0n) is 18.7. The van der Waals surface area contributed by atoms with E-state index >= 15 is 0 Å². The van der Waals surface area contributed by atoms with E-state index in [0.717, 1.165) is 22.0 Å². The number of benzene rings is 4. The normalized spacial score (nSPS) is 11.1. The topological polar surface area (TPSA) is 83.6 Å². The minimum atomic E-state index is -0.612. The van der Waals surface area contributed by atoms with Gasteiger partial charge < -0.3 is 14.0 Å². The number of fused-ring (bicyclic) bond motifs is 3. The molecule has 9 heteroatoms. The van der Waals surface area contributed by atoms with Crippen molar-refractivity contribution < 1.29 is 23.6 Å². The third kappa shape index (κ3) is 4.46. The Kier molecular flexibility index (Phi) is 6.26. The molecule has 0 atom stereocenters. The standard InChI is InChI=1S/C27H18ClFN2O5/c28-16-35-21-12-13-24-23(14-21)26-22(27(32)36-20-10-8-19(9-11-20)31(33)34)2-1-3-25(26)30(24)15-17-4-6-18(29)7-5-17/h1-14H,15-16H2. The van der Waals surface area contributed by atoms with Gasteiger partial charge in [-0.1, -0.05) is 29.8 Å². The van der Waals surface area contributed by atoms with E-state index in [1.165, 1.54) is 36.4 Å². The average Bonchev–Trinajstić information content (AvgIpc) is 3.19. The predicted octanol–water partition coefficient (Wildman–Crippen LogP) is 6.68. The van der Waals surface area contributed by atoms with Crippen LogP contribution in [0.25, 0.3) is 21.8 Å². The maximum atomic E-state index is 13.5. The number of rotatable bonds is 7. The summed E-state index contributed by atoms with van der Waals surface area (Å²) in [7, 11) is 0. The molecule has 0 aliphatic carbocycles. The number of alkyl halides is 1. The van der Waals surface area contributed by atoms with E-state index in [1.54, 1.807) is 30.3 Å². The van der Waals surface area contributed by atoms with Crippen molar-refractivity contribution in [2.45, 2.75) is 6.54 Å². The molecule has 0 amide bonds. The highest BCUT2D eigenvalue weighted by Crippen LogP contribution is 2.35. The smallest absolute Gasteiger partial charge is 0.344 e. The second-order valence-corrected chi connectivity index (χ2v) is 8.20.